The minimum atomic E-state index is -0.332. The summed E-state index contributed by atoms with van der Waals surface area (Å²) >= 11 is 0. The molecule has 2 heterocycles. The van der Waals surface area contributed by atoms with Crippen LogP contribution >= 0.6 is 0 Å². The van der Waals surface area contributed by atoms with Gasteiger partial charge in [-0.2, -0.15) is 0 Å². The Morgan fingerprint density at radius 3 is 2.61 bits per heavy atom. The van der Waals surface area contributed by atoms with E-state index in [2.05, 4.69) is 15.6 Å². The number of nitrogens with one attached hydrogen (secondary N) is 2. The minimum absolute atomic E-state index is 0.108. The first kappa shape index (κ1) is 15.4. The number of halogens is 1. The van der Waals surface area contributed by atoms with Crippen molar-refractivity contribution in [3.8, 4) is 0 Å². The van der Waals surface area contributed by atoms with Crippen LogP contribution in [0, 0.1) is 5.82 Å². The number of benzene rings is 1. The zero-order chi connectivity index (χ0) is 16.1. The van der Waals surface area contributed by atoms with Crippen LogP contribution < -0.4 is 10.6 Å². The number of nitrogens with zero attached hydrogens (tertiary/aromatic N) is 1. The van der Waals surface area contributed by atoms with Gasteiger partial charge in [0.15, 0.2) is 0 Å². The molecule has 2 atom stereocenters. The van der Waals surface area contributed by atoms with Crippen molar-refractivity contribution in [2.75, 3.05) is 11.9 Å². The molecule has 2 N–H and O–H groups in total. The number of amides is 2. The number of carbonyl (C=O) groups is 1. The van der Waals surface area contributed by atoms with Crippen molar-refractivity contribution < 1.29 is 13.9 Å². The lowest BCUT2D eigenvalue weighted by Crippen LogP contribution is -2.38. The smallest absolute Gasteiger partial charge is 0.319 e. The molecule has 0 aliphatic carbocycles. The number of hydrogen-bond acceptors (Lipinski definition) is 3. The highest BCUT2D eigenvalue weighted by molar-refractivity contribution is 5.89. The van der Waals surface area contributed by atoms with Crippen molar-refractivity contribution in [1.29, 1.82) is 0 Å². The van der Waals surface area contributed by atoms with E-state index in [1.54, 1.807) is 36.7 Å². The molecular formula is C17H18FN3O2. The van der Waals surface area contributed by atoms with Crippen LogP contribution in [0.25, 0.3) is 0 Å². The number of carbonyl (C=O) groups excluding carboxylic acids is 1. The largest absolute Gasteiger partial charge is 0.376 e. The Hall–Kier alpha value is -2.47. The van der Waals surface area contributed by atoms with Gasteiger partial charge in [-0.3, -0.25) is 4.98 Å². The van der Waals surface area contributed by atoms with Crippen LogP contribution in [0.15, 0.2) is 48.8 Å². The average Bonchev–Trinajstić information content (AvgIpc) is 3.09. The molecule has 5 nitrogen and oxygen atoms in total. The monoisotopic (exact) mass is 315 g/mol. The minimum Gasteiger partial charge on any atom is -0.376 e. The van der Waals surface area contributed by atoms with Crippen LogP contribution in [-0.2, 0) is 4.74 Å². The van der Waals surface area contributed by atoms with E-state index in [-0.39, 0.29) is 24.0 Å². The van der Waals surface area contributed by atoms with Gasteiger partial charge in [0.25, 0.3) is 0 Å². The Labute approximate surface area is 133 Å². The van der Waals surface area contributed by atoms with Gasteiger partial charge in [-0.1, -0.05) is 12.1 Å². The van der Waals surface area contributed by atoms with Crippen molar-refractivity contribution in [2.24, 2.45) is 0 Å². The third kappa shape index (κ3) is 4.04. The van der Waals surface area contributed by atoms with Crippen molar-refractivity contribution in [2.45, 2.75) is 25.0 Å². The molecule has 1 aromatic carbocycles. The fourth-order valence-electron chi connectivity index (χ4n) is 2.67. The Morgan fingerprint density at radius 1 is 1.22 bits per heavy atom. The van der Waals surface area contributed by atoms with E-state index in [9.17, 15) is 9.18 Å². The Balaban J connectivity index is 1.73. The summed E-state index contributed by atoms with van der Waals surface area (Å²) in [4.78, 5) is 16.2. The van der Waals surface area contributed by atoms with Crippen molar-refractivity contribution in [3.05, 3.63) is 60.2 Å². The van der Waals surface area contributed by atoms with Gasteiger partial charge in [0.05, 0.1) is 12.1 Å². The van der Waals surface area contributed by atoms with Crippen molar-refractivity contribution in [3.63, 3.8) is 0 Å². The molecule has 120 valence electrons. The molecule has 1 fully saturated rings. The second kappa shape index (κ2) is 7.19. The molecular weight excluding hydrogens is 297 g/mol. The van der Waals surface area contributed by atoms with Crippen LogP contribution in [0.2, 0.25) is 0 Å². The SMILES string of the molecule is O=C(Nc1ccncc1)N[C@@H](c1ccc(F)cc1)[C@@H]1CCCO1. The quantitative estimate of drug-likeness (QED) is 0.910. The fourth-order valence-corrected chi connectivity index (χ4v) is 2.67. The van der Waals surface area contributed by atoms with E-state index >= 15 is 0 Å². The molecule has 2 aromatic rings. The van der Waals surface area contributed by atoms with Crippen LogP contribution in [-0.4, -0.2) is 23.7 Å². The maximum atomic E-state index is 13.1. The number of anilines is 1. The summed E-state index contributed by atoms with van der Waals surface area (Å²) in [5.74, 6) is -0.305. The fraction of sp³-hybridized carbons (Fsp3) is 0.294. The number of hydrogen-bond donors (Lipinski definition) is 2. The molecule has 23 heavy (non-hydrogen) atoms. The van der Waals surface area contributed by atoms with E-state index in [1.807, 2.05) is 0 Å². The molecule has 1 aromatic heterocycles. The van der Waals surface area contributed by atoms with E-state index in [4.69, 9.17) is 4.74 Å². The predicted molar refractivity (Wildman–Crippen MR) is 84.5 cm³/mol. The summed E-state index contributed by atoms with van der Waals surface area (Å²) in [6.45, 7) is 0.677. The lowest BCUT2D eigenvalue weighted by Gasteiger charge is -2.25. The van der Waals surface area contributed by atoms with Gasteiger partial charge in [-0.25, -0.2) is 9.18 Å². The second-order valence-electron chi connectivity index (χ2n) is 5.42. The lowest BCUT2D eigenvalue weighted by molar-refractivity contribution is 0.0815. The maximum Gasteiger partial charge on any atom is 0.319 e. The van der Waals surface area contributed by atoms with Crippen LogP contribution in [0.1, 0.15) is 24.4 Å². The number of rotatable bonds is 4. The van der Waals surface area contributed by atoms with E-state index < -0.39 is 0 Å². The summed E-state index contributed by atoms with van der Waals surface area (Å²) in [5.41, 5.74) is 1.48. The molecule has 1 aliphatic rings. The first-order valence-corrected chi connectivity index (χ1v) is 7.57. The summed E-state index contributed by atoms with van der Waals surface area (Å²) in [7, 11) is 0. The average molecular weight is 315 g/mol. The van der Waals surface area contributed by atoms with Gasteiger partial charge in [-0.15, -0.1) is 0 Å². The Bertz CT molecular complexity index is 643. The zero-order valence-electron chi connectivity index (χ0n) is 12.5. The molecule has 6 heteroatoms. The number of urea groups is 1. The molecule has 2 amide bonds. The molecule has 1 aliphatic heterocycles. The van der Waals surface area contributed by atoms with Gasteiger partial charge < -0.3 is 15.4 Å². The zero-order valence-corrected chi connectivity index (χ0v) is 12.5. The normalized spacial score (nSPS) is 18.4. The van der Waals surface area contributed by atoms with Gasteiger partial charge in [0, 0.05) is 24.7 Å². The number of aromatic nitrogens is 1. The summed E-state index contributed by atoms with van der Waals surface area (Å²) in [6.07, 6.45) is 4.91. The maximum absolute atomic E-state index is 13.1. The first-order valence-electron chi connectivity index (χ1n) is 7.57. The molecule has 0 unspecified atom stereocenters. The lowest BCUT2D eigenvalue weighted by atomic mass is 9.99. The third-order valence-electron chi connectivity index (χ3n) is 3.79. The third-order valence-corrected chi connectivity index (χ3v) is 3.79. The highest BCUT2D eigenvalue weighted by Gasteiger charge is 2.28. The van der Waals surface area contributed by atoms with E-state index in [1.165, 1.54) is 12.1 Å². The van der Waals surface area contributed by atoms with Crippen LogP contribution in [0.5, 0.6) is 0 Å². The van der Waals surface area contributed by atoms with Crippen LogP contribution in [0.3, 0.4) is 0 Å². The van der Waals surface area contributed by atoms with Gasteiger partial charge in [-0.05, 0) is 42.7 Å². The topological polar surface area (TPSA) is 63.2 Å². The highest BCUT2D eigenvalue weighted by atomic mass is 19.1. The molecule has 0 bridgehead atoms. The van der Waals surface area contributed by atoms with E-state index in [0.717, 1.165) is 18.4 Å². The van der Waals surface area contributed by atoms with Crippen molar-refractivity contribution in [1.82, 2.24) is 10.3 Å². The standard InChI is InChI=1S/C17H18FN3O2/c18-13-5-3-12(4-6-13)16(15-2-1-11-23-15)21-17(22)20-14-7-9-19-10-8-14/h3-10,15-16H,1-2,11H2,(H2,19,20,21,22)/t15-,16-/m0/s1. The van der Waals surface area contributed by atoms with Crippen LogP contribution in [0.4, 0.5) is 14.9 Å². The molecule has 0 radical (unpaired) electrons. The predicted octanol–water partition coefficient (Wildman–Crippen LogP) is 3.26. The number of pyridine rings is 1. The second-order valence-corrected chi connectivity index (χ2v) is 5.42. The highest BCUT2D eigenvalue weighted by Crippen LogP contribution is 2.27. The summed E-state index contributed by atoms with van der Waals surface area (Å²) in [6, 6.07) is 8.89. The molecule has 0 saturated carbocycles. The van der Waals surface area contributed by atoms with Crippen molar-refractivity contribution >= 4 is 11.7 Å². The molecule has 1 saturated heterocycles. The van der Waals surface area contributed by atoms with Gasteiger partial charge in [0.2, 0.25) is 0 Å². The Kier molecular flexibility index (Phi) is 4.83. The number of ether oxygens (including phenoxy) is 1. The molecule has 3 rings (SSSR count). The summed E-state index contributed by atoms with van der Waals surface area (Å²) < 4.78 is 18.8. The Morgan fingerprint density at radius 2 is 1.96 bits per heavy atom. The van der Waals surface area contributed by atoms with E-state index in [0.29, 0.717) is 12.3 Å². The first-order chi connectivity index (χ1) is 11.2. The summed E-state index contributed by atoms with van der Waals surface area (Å²) in [5, 5.41) is 5.68. The molecule has 0 spiro atoms. The van der Waals surface area contributed by atoms with Gasteiger partial charge in [0.1, 0.15) is 5.82 Å². The van der Waals surface area contributed by atoms with Gasteiger partial charge >= 0.3 is 6.03 Å².